The van der Waals surface area contributed by atoms with Crippen molar-refractivity contribution in [3.63, 3.8) is 0 Å². The molecule has 1 aromatic rings. The smallest absolute Gasteiger partial charge is 0.242 e. The number of nitrogen functional groups attached to an aromatic ring is 1. The second kappa shape index (κ2) is 5.44. The predicted octanol–water partition coefficient (Wildman–Crippen LogP) is 0.457. The van der Waals surface area contributed by atoms with Gasteiger partial charge in [0.25, 0.3) is 0 Å². The highest BCUT2D eigenvalue weighted by molar-refractivity contribution is 7.89. The van der Waals surface area contributed by atoms with E-state index in [4.69, 9.17) is 10.8 Å². The van der Waals surface area contributed by atoms with Gasteiger partial charge in [0, 0.05) is 6.04 Å². The van der Waals surface area contributed by atoms with Crippen molar-refractivity contribution >= 4 is 15.7 Å². The van der Waals surface area contributed by atoms with Crippen molar-refractivity contribution in [2.75, 3.05) is 12.3 Å². The van der Waals surface area contributed by atoms with Gasteiger partial charge in [-0.2, -0.15) is 0 Å². The van der Waals surface area contributed by atoms with Gasteiger partial charge < -0.3 is 10.8 Å². The highest BCUT2D eigenvalue weighted by Gasteiger charge is 2.21. The van der Waals surface area contributed by atoms with Crippen LogP contribution >= 0.6 is 0 Å². The second-order valence-corrected chi connectivity index (χ2v) is 5.27. The molecule has 4 N–H and O–H groups in total. The summed E-state index contributed by atoms with van der Waals surface area (Å²) in [5, 5.41) is 8.93. The lowest BCUT2D eigenvalue weighted by Crippen LogP contribution is -2.37. The number of nitrogens with one attached hydrogen (secondary N) is 1. The summed E-state index contributed by atoms with van der Waals surface area (Å²) < 4.78 is 38.8. The van der Waals surface area contributed by atoms with Crippen LogP contribution < -0.4 is 10.5 Å². The Hall–Kier alpha value is -1.18. The summed E-state index contributed by atoms with van der Waals surface area (Å²) in [6.07, 6.45) is 0.441. The SMILES string of the molecule is CC[C@@H](CO)NS(=O)(=O)c1ccc(F)cc1N. The number of halogens is 1. The molecule has 0 amide bonds. The first-order valence-electron chi connectivity index (χ1n) is 5.09. The van der Waals surface area contributed by atoms with E-state index in [1.165, 1.54) is 0 Å². The Kier molecular flexibility index (Phi) is 4.44. The minimum Gasteiger partial charge on any atom is -0.398 e. The van der Waals surface area contributed by atoms with Gasteiger partial charge >= 0.3 is 0 Å². The first-order valence-corrected chi connectivity index (χ1v) is 6.57. The zero-order chi connectivity index (χ0) is 13.1. The highest BCUT2D eigenvalue weighted by Crippen LogP contribution is 2.19. The summed E-state index contributed by atoms with van der Waals surface area (Å²) in [5.41, 5.74) is 5.28. The highest BCUT2D eigenvalue weighted by atomic mass is 32.2. The van der Waals surface area contributed by atoms with Crippen molar-refractivity contribution < 1.29 is 17.9 Å². The zero-order valence-corrected chi connectivity index (χ0v) is 10.2. The summed E-state index contributed by atoms with van der Waals surface area (Å²) in [4.78, 5) is -0.189. The van der Waals surface area contributed by atoms with Crippen LogP contribution in [0.15, 0.2) is 23.1 Å². The number of sulfonamides is 1. The molecule has 0 bridgehead atoms. The molecule has 1 rings (SSSR count). The van der Waals surface area contributed by atoms with Gasteiger partial charge in [0.05, 0.1) is 12.3 Å². The Morgan fingerprint density at radius 2 is 2.18 bits per heavy atom. The van der Waals surface area contributed by atoms with Crippen molar-refractivity contribution in [2.45, 2.75) is 24.3 Å². The summed E-state index contributed by atoms with van der Waals surface area (Å²) in [6, 6.07) is 2.47. The molecule has 0 radical (unpaired) electrons. The van der Waals surface area contributed by atoms with Crippen LogP contribution in [0.5, 0.6) is 0 Å². The second-order valence-electron chi connectivity index (χ2n) is 3.59. The summed E-state index contributed by atoms with van der Waals surface area (Å²) in [6.45, 7) is 1.42. The molecule has 0 aliphatic heterocycles. The average molecular weight is 262 g/mol. The number of anilines is 1. The molecule has 0 heterocycles. The van der Waals surface area contributed by atoms with Crippen LogP contribution in [0, 0.1) is 5.82 Å². The number of aliphatic hydroxyl groups is 1. The molecule has 1 atom stereocenters. The standard InChI is InChI=1S/C10H15FN2O3S/c1-2-8(6-14)13-17(15,16)10-4-3-7(11)5-9(10)12/h3-5,8,13-14H,2,6,12H2,1H3/t8-/m0/s1. The fourth-order valence-electron chi connectivity index (χ4n) is 1.30. The van der Waals surface area contributed by atoms with Crippen LogP contribution in [0.4, 0.5) is 10.1 Å². The molecule has 0 saturated heterocycles. The molecule has 96 valence electrons. The van der Waals surface area contributed by atoms with E-state index in [0.29, 0.717) is 6.42 Å². The van der Waals surface area contributed by atoms with Crippen molar-refractivity contribution in [2.24, 2.45) is 0 Å². The average Bonchev–Trinajstić information content (AvgIpc) is 2.25. The quantitative estimate of drug-likeness (QED) is 0.672. The fraction of sp³-hybridized carbons (Fsp3) is 0.400. The van der Waals surface area contributed by atoms with Crippen LogP contribution in [-0.2, 0) is 10.0 Å². The summed E-state index contributed by atoms with van der Waals surface area (Å²) in [7, 11) is -3.83. The maximum absolute atomic E-state index is 12.8. The van der Waals surface area contributed by atoms with Gasteiger partial charge in [0.2, 0.25) is 10.0 Å². The number of aliphatic hydroxyl groups excluding tert-OH is 1. The molecule has 0 unspecified atom stereocenters. The van der Waals surface area contributed by atoms with Gasteiger partial charge in [0.15, 0.2) is 0 Å². The molecule has 5 nitrogen and oxygen atoms in total. The van der Waals surface area contributed by atoms with Gasteiger partial charge in [-0.15, -0.1) is 0 Å². The van der Waals surface area contributed by atoms with E-state index in [2.05, 4.69) is 4.72 Å². The van der Waals surface area contributed by atoms with Crippen molar-refractivity contribution in [3.05, 3.63) is 24.0 Å². The van der Waals surface area contributed by atoms with E-state index in [9.17, 15) is 12.8 Å². The van der Waals surface area contributed by atoms with Crippen LogP contribution in [0.1, 0.15) is 13.3 Å². The third kappa shape index (κ3) is 3.39. The first kappa shape index (κ1) is 13.9. The predicted molar refractivity (Wildman–Crippen MR) is 62.3 cm³/mol. The maximum Gasteiger partial charge on any atom is 0.242 e. The van der Waals surface area contributed by atoms with Gasteiger partial charge in [0.1, 0.15) is 10.7 Å². The molecule has 0 spiro atoms. The number of hydrogen-bond donors (Lipinski definition) is 3. The molecule has 0 aliphatic carbocycles. The topological polar surface area (TPSA) is 92.4 Å². The zero-order valence-electron chi connectivity index (χ0n) is 9.35. The molecular formula is C10H15FN2O3S. The van der Waals surface area contributed by atoms with Crippen molar-refractivity contribution in [1.82, 2.24) is 4.72 Å². The Bertz CT molecular complexity index is 486. The van der Waals surface area contributed by atoms with Crippen LogP contribution in [-0.4, -0.2) is 26.2 Å². The molecular weight excluding hydrogens is 247 g/mol. The van der Waals surface area contributed by atoms with Gasteiger partial charge in [-0.3, -0.25) is 0 Å². The van der Waals surface area contributed by atoms with E-state index in [-0.39, 0.29) is 17.2 Å². The molecule has 0 aromatic heterocycles. The van der Waals surface area contributed by atoms with Crippen LogP contribution in [0.2, 0.25) is 0 Å². The van der Waals surface area contributed by atoms with Crippen LogP contribution in [0.25, 0.3) is 0 Å². The number of benzene rings is 1. The lowest BCUT2D eigenvalue weighted by Gasteiger charge is -2.15. The minimum absolute atomic E-state index is 0.162. The molecule has 0 saturated carbocycles. The van der Waals surface area contributed by atoms with Gasteiger partial charge in [-0.1, -0.05) is 6.92 Å². The van der Waals surface area contributed by atoms with E-state index in [0.717, 1.165) is 18.2 Å². The lowest BCUT2D eigenvalue weighted by atomic mass is 10.3. The third-order valence-electron chi connectivity index (χ3n) is 2.30. The molecule has 7 heteroatoms. The van der Waals surface area contributed by atoms with E-state index in [1.807, 2.05) is 0 Å². The van der Waals surface area contributed by atoms with Crippen LogP contribution in [0.3, 0.4) is 0 Å². The van der Waals surface area contributed by atoms with Gasteiger partial charge in [-0.25, -0.2) is 17.5 Å². The van der Waals surface area contributed by atoms with Crippen molar-refractivity contribution in [1.29, 1.82) is 0 Å². The first-order chi connectivity index (χ1) is 7.90. The number of hydrogen-bond acceptors (Lipinski definition) is 4. The number of nitrogens with two attached hydrogens (primary N) is 1. The normalized spacial score (nSPS) is 13.6. The van der Waals surface area contributed by atoms with Gasteiger partial charge in [-0.05, 0) is 24.6 Å². The lowest BCUT2D eigenvalue weighted by molar-refractivity contribution is 0.254. The molecule has 1 aromatic carbocycles. The Labute approximate surface area is 99.5 Å². The van der Waals surface area contributed by atoms with E-state index < -0.39 is 21.9 Å². The summed E-state index contributed by atoms with van der Waals surface area (Å²) >= 11 is 0. The Balaban J connectivity index is 3.05. The largest absolute Gasteiger partial charge is 0.398 e. The van der Waals surface area contributed by atoms with E-state index in [1.54, 1.807) is 6.92 Å². The fourth-order valence-corrected chi connectivity index (χ4v) is 2.72. The number of rotatable bonds is 5. The molecule has 0 aliphatic rings. The van der Waals surface area contributed by atoms with E-state index >= 15 is 0 Å². The minimum atomic E-state index is -3.83. The van der Waals surface area contributed by atoms with Crippen molar-refractivity contribution in [3.8, 4) is 0 Å². The summed E-state index contributed by atoms with van der Waals surface area (Å²) in [5.74, 6) is -0.601. The Morgan fingerprint density at radius 1 is 1.53 bits per heavy atom. The maximum atomic E-state index is 12.8. The molecule has 0 fully saturated rings. The third-order valence-corrected chi connectivity index (χ3v) is 3.89. The molecule has 17 heavy (non-hydrogen) atoms. The Morgan fingerprint density at radius 3 is 2.65 bits per heavy atom. The monoisotopic (exact) mass is 262 g/mol.